The molecule has 0 aromatic carbocycles. The Labute approximate surface area is 148 Å². The van der Waals surface area contributed by atoms with Gasteiger partial charge in [0.15, 0.2) is 0 Å². The first-order valence-electron chi connectivity index (χ1n) is 9.60. The lowest BCUT2D eigenvalue weighted by atomic mass is 9.88. The summed E-state index contributed by atoms with van der Waals surface area (Å²) in [5, 5.41) is 13.5. The molecule has 2 bridgehead atoms. The van der Waals surface area contributed by atoms with Crippen LogP contribution in [0.25, 0.3) is 0 Å². The summed E-state index contributed by atoms with van der Waals surface area (Å²) in [5.74, 6) is 2.49. The number of carbonyl (C=O) groups is 1. The Morgan fingerprint density at radius 3 is 2.76 bits per heavy atom. The third kappa shape index (κ3) is 2.34. The highest BCUT2D eigenvalue weighted by Crippen LogP contribution is 2.54. The fraction of sp³-hybridized carbons (Fsp3) is 0.684. The molecule has 2 aliphatic heterocycles. The van der Waals surface area contributed by atoms with Gasteiger partial charge in [0.1, 0.15) is 5.82 Å². The summed E-state index contributed by atoms with van der Waals surface area (Å²) in [5.41, 5.74) is 1.63. The molecule has 2 N–H and O–H groups in total. The number of amides is 2. The van der Waals surface area contributed by atoms with E-state index in [1.807, 2.05) is 24.0 Å². The second-order valence-corrected chi connectivity index (χ2v) is 8.22. The van der Waals surface area contributed by atoms with Crippen LogP contribution < -0.4 is 10.2 Å². The van der Waals surface area contributed by atoms with E-state index < -0.39 is 0 Å². The summed E-state index contributed by atoms with van der Waals surface area (Å²) in [6.45, 7) is 4.86. The minimum atomic E-state index is -0.341. The zero-order valence-electron chi connectivity index (χ0n) is 14.7. The highest BCUT2D eigenvalue weighted by molar-refractivity contribution is 5.90. The van der Waals surface area contributed by atoms with Crippen molar-refractivity contribution in [1.29, 1.82) is 0 Å². The van der Waals surface area contributed by atoms with Crippen LogP contribution in [-0.2, 0) is 0 Å². The van der Waals surface area contributed by atoms with E-state index in [4.69, 9.17) is 0 Å². The van der Waals surface area contributed by atoms with Gasteiger partial charge >= 0.3 is 6.03 Å². The van der Waals surface area contributed by atoms with Crippen molar-refractivity contribution >= 4 is 17.5 Å². The number of aryl methyl sites for hydroxylation is 1. The summed E-state index contributed by atoms with van der Waals surface area (Å²) < 4.78 is 0. The number of aliphatic hydroxyl groups is 1. The lowest BCUT2D eigenvalue weighted by Crippen LogP contribution is -2.45. The molecule has 4 fully saturated rings. The minimum absolute atomic E-state index is 0.0147. The molecule has 25 heavy (non-hydrogen) atoms. The van der Waals surface area contributed by atoms with Crippen LogP contribution in [0, 0.1) is 24.7 Å². The molecule has 0 radical (unpaired) electrons. The van der Waals surface area contributed by atoms with Crippen LogP contribution in [0.3, 0.4) is 0 Å². The van der Waals surface area contributed by atoms with Crippen molar-refractivity contribution in [2.75, 3.05) is 29.9 Å². The quantitative estimate of drug-likeness (QED) is 0.865. The van der Waals surface area contributed by atoms with Crippen molar-refractivity contribution in [1.82, 2.24) is 9.88 Å². The Morgan fingerprint density at radius 1 is 1.24 bits per heavy atom. The van der Waals surface area contributed by atoms with Crippen molar-refractivity contribution in [3.63, 3.8) is 0 Å². The number of urea groups is 1. The number of carbonyl (C=O) groups excluding carboxylic acids is 1. The van der Waals surface area contributed by atoms with Gasteiger partial charge in [0.05, 0.1) is 23.5 Å². The Morgan fingerprint density at radius 2 is 2.04 bits per heavy atom. The van der Waals surface area contributed by atoms with Crippen molar-refractivity contribution in [3.8, 4) is 0 Å². The molecule has 3 heterocycles. The van der Waals surface area contributed by atoms with Crippen LogP contribution in [0.15, 0.2) is 12.1 Å². The van der Waals surface area contributed by atoms with E-state index >= 15 is 0 Å². The molecule has 5 rings (SSSR count). The molecule has 2 amide bonds. The normalized spacial score (nSPS) is 35.7. The average Bonchev–Trinajstić information content (AvgIpc) is 3.33. The van der Waals surface area contributed by atoms with Gasteiger partial charge in [-0.15, -0.1) is 0 Å². The van der Waals surface area contributed by atoms with Gasteiger partial charge in [0.2, 0.25) is 0 Å². The number of rotatable bonds is 2. The number of aromatic nitrogens is 1. The fourth-order valence-electron chi connectivity index (χ4n) is 5.64. The topological polar surface area (TPSA) is 68.7 Å². The summed E-state index contributed by atoms with van der Waals surface area (Å²) in [4.78, 5) is 21.7. The number of anilines is 2. The number of pyridine rings is 1. The van der Waals surface area contributed by atoms with E-state index in [0.717, 1.165) is 49.7 Å². The summed E-state index contributed by atoms with van der Waals surface area (Å²) in [7, 11) is 0. The second kappa shape index (κ2) is 5.59. The summed E-state index contributed by atoms with van der Waals surface area (Å²) in [6.07, 6.45) is 4.27. The monoisotopic (exact) mass is 342 g/mol. The van der Waals surface area contributed by atoms with Crippen LogP contribution >= 0.6 is 0 Å². The first kappa shape index (κ1) is 15.4. The van der Waals surface area contributed by atoms with Crippen LogP contribution in [0.1, 0.15) is 31.4 Å². The number of hydrogen-bond acceptors (Lipinski definition) is 4. The van der Waals surface area contributed by atoms with Crippen LogP contribution in [0.5, 0.6) is 0 Å². The summed E-state index contributed by atoms with van der Waals surface area (Å²) in [6, 6.07) is 3.90. The second-order valence-electron chi connectivity index (χ2n) is 8.22. The number of nitrogens with one attached hydrogen (secondary N) is 1. The van der Waals surface area contributed by atoms with Gasteiger partial charge in [-0.1, -0.05) is 0 Å². The van der Waals surface area contributed by atoms with E-state index in [9.17, 15) is 9.90 Å². The highest BCUT2D eigenvalue weighted by atomic mass is 16.3. The van der Waals surface area contributed by atoms with Crippen LogP contribution in [0.2, 0.25) is 0 Å². The van der Waals surface area contributed by atoms with Crippen molar-refractivity contribution in [3.05, 3.63) is 17.8 Å². The molecule has 0 spiro atoms. The molecular weight excluding hydrogens is 316 g/mol. The number of fused-ring (bicyclic) bond motifs is 1. The molecule has 6 heteroatoms. The predicted octanol–water partition coefficient (Wildman–Crippen LogP) is 2.22. The maximum Gasteiger partial charge on any atom is 0.322 e. The minimum Gasteiger partial charge on any atom is -0.391 e. The zero-order valence-corrected chi connectivity index (χ0v) is 14.7. The van der Waals surface area contributed by atoms with Crippen molar-refractivity contribution in [2.24, 2.45) is 17.8 Å². The van der Waals surface area contributed by atoms with Gasteiger partial charge in [0.25, 0.3) is 0 Å². The Hall–Kier alpha value is -1.82. The molecule has 134 valence electrons. The van der Waals surface area contributed by atoms with Gasteiger partial charge in [0, 0.05) is 19.6 Å². The zero-order chi connectivity index (χ0) is 17.1. The molecule has 1 aromatic rings. The molecule has 2 aliphatic carbocycles. The maximum atomic E-state index is 12.8. The molecular formula is C19H26N4O2. The Kier molecular flexibility index (Phi) is 3.45. The van der Waals surface area contributed by atoms with Gasteiger partial charge in [-0.2, -0.15) is 0 Å². The van der Waals surface area contributed by atoms with Crippen molar-refractivity contribution < 1.29 is 9.90 Å². The summed E-state index contributed by atoms with van der Waals surface area (Å²) >= 11 is 0. The third-order valence-electron chi connectivity index (χ3n) is 6.85. The van der Waals surface area contributed by atoms with E-state index in [2.05, 4.69) is 15.2 Å². The standard InChI is InChI=1S/C19H26N4O2/c1-11-15(4-5-16(20-11)22-6-2-3-7-22)21-19(25)23-10-13-8-12-9-14(13)17(23)18(12)24/h4-5,12-14,17-18,24H,2-3,6-10H2,1H3,(H,21,25)/t12-,13-,14+,17-,18+/m0/s1. The lowest BCUT2D eigenvalue weighted by molar-refractivity contribution is 0.0631. The van der Waals surface area contributed by atoms with Gasteiger partial charge < -0.3 is 20.2 Å². The number of nitrogens with zero attached hydrogens (tertiary/aromatic N) is 3. The fourth-order valence-corrected chi connectivity index (χ4v) is 5.64. The van der Waals surface area contributed by atoms with E-state index in [1.165, 1.54) is 12.8 Å². The molecule has 0 unspecified atom stereocenters. The lowest BCUT2D eigenvalue weighted by Gasteiger charge is -2.29. The van der Waals surface area contributed by atoms with Crippen LogP contribution in [-0.4, -0.2) is 52.8 Å². The molecule has 5 atom stereocenters. The van der Waals surface area contributed by atoms with E-state index in [-0.39, 0.29) is 18.2 Å². The number of aliphatic hydroxyl groups excluding tert-OH is 1. The average molecular weight is 342 g/mol. The molecule has 4 aliphatic rings. The third-order valence-corrected chi connectivity index (χ3v) is 6.85. The first-order valence-corrected chi connectivity index (χ1v) is 9.60. The Bertz CT molecular complexity index is 701. The molecule has 2 saturated carbocycles. The van der Waals surface area contributed by atoms with Crippen molar-refractivity contribution in [2.45, 2.75) is 44.8 Å². The van der Waals surface area contributed by atoms with E-state index in [0.29, 0.717) is 17.8 Å². The van der Waals surface area contributed by atoms with Crippen LogP contribution in [0.4, 0.5) is 16.3 Å². The number of likely N-dealkylation sites (tertiary alicyclic amines) is 1. The van der Waals surface area contributed by atoms with Gasteiger partial charge in [-0.25, -0.2) is 9.78 Å². The SMILES string of the molecule is Cc1nc(N2CCCC2)ccc1NC(=O)N1C[C@@H]2C[C@H]3C[C@H]2[C@H]1[C@@H]3O. The molecule has 2 saturated heterocycles. The van der Waals surface area contributed by atoms with Gasteiger partial charge in [-0.3, -0.25) is 0 Å². The van der Waals surface area contributed by atoms with E-state index in [1.54, 1.807) is 0 Å². The number of hydrogen-bond donors (Lipinski definition) is 2. The maximum absolute atomic E-state index is 12.8. The largest absolute Gasteiger partial charge is 0.391 e. The smallest absolute Gasteiger partial charge is 0.322 e. The molecule has 1 aromatic heterocycles. The van der Waals surface area contributed by atoms with Gasteiger partial charge in [-0.05, 0) is 62.5 Å². The predicted molar refractivity (Wildman–Crippen MR) is 95.6 cm³/mol. The first-order chi connectivity index (χ1) is 12.1. The Balaban J connectivity index is 1.31. The molecule has 6 nitrogen and oxygen atoms in total. The highest BCUT2D eigenvalue weighted by Gasteiger charge is 2.60.